The van der Waals surface area contributed by atoms with E-state index in [1.54, 1.807) is 31.5 Å². The summed E-state index contributed by atoms with van der Waals surface area (Å²) >= 11 is 0. The Morgan fingerprint density at radius 3 is 2.39 bits per heavy atom. The van der Waals surface area contributed by atoms with E-state index in [4.69, 9.17) is 10.5 Å². The van der Waals surface area contributed by atoms with E-state index in [9.17, 15) is 14.4 Å². The molecule has 0 saturated carbocycles. The van der Waals surface area contributed by atoms with Crippen LogP contribution in [0.25, 0.3) is 0 Å². The molecule has 0 radical (unpaired) electrons. The lowest BCUT2D eigenvalue weighted by Crippen LogP contribution is -2.50. The van der Waals surface area contributed by atoms with E-state index in [0.717, 1.165) is 37.9 Å². The number of amides is 2. The van der Waals surface area contributed by atoms with E-state index in [-0.39, 0.29) is 23.8 Å². The number of ketones is 1. The monoisotopic (exact) mass is 493 g/mol. The van der Waals surface area contributed by atoms with Gasteiger partial charge in [-0.3, -0.25) is 14.4 Å². The van der Waals surface area contributed by atoms with Gasteiger partial charge in [-0.2, -0.15) is 0 Å². The number of benzene rings is 1. The second-order valence-corrected chi connectivity index (χ2v) is 9.72. The molecule has 3 atom stereocenters. The van der Waals surface area contributed by atoms with Crippen molar-refractivity contribution in [3.8, 4) is 0 Å². The molecule has 0 aliphatic carbocycles. The van der Waals surface area contributed by atoms with Crippen LogP contribution in [0, 0.1) is 0 Å². The maximum absolute atomic E-state index is 13.2. The highest BCUT2D eigenvalue weighted by Crippen LogP contribution is 2.38. The zero-order valence-electron chi connectivity index (χ0n) is 21.1. The van der Waals surface area contributed by atoms with Crippen LogP contribution in [0.5, 0.6) is 0 Å². The Balaban J connectivity index is 1.44. The number of carbonyl (C=O) groups excluding carboxylic acids is 3. The van der Waals surface area contributed by atoms with E-state index in [1.807, 2.05) is 19.1 Å². The molecule has 9 heteroatoms. The highest BCUT2D eigenvalue weighted by Gasteiger charge is 2.41. The minimum absolute atomic E-state index is 0.00423. The van der Waals surface area contributed by atoms with Gasteiger partial charge in [-0.15, -0.1) is 0 Å². The standard InChI is InChI=1S/C27H35N5O4/c1-4-19(15-36-3)30-24-11-17(5-9-23(24)26(28)34)27(35)31-20-12-21-7-8-22(13-20)32(21)25-10-6-18(14-29-25)16(2)33/h5-6,9-11,14,19-22,30H,4,7-8,12-13,15H2,1-3H3,(H2,28,34)(H,31,35). The molecule has 1 aromatic heterocycles. The lowest BCUT2D eigenvalue weighted by atomic mass is 9.96. The number of ether oxygens (including phenoxy) is 1. The van der Waals surface area contributed by atoms with Crippen LogP contribution >= 0.6 is 0 Å². The molecule has 2 bridgehead atoms. The predicted molar refractivity (Wildman–Crippen MR) is 139 cm³/mol. The second-order valence-electron chi connectivity index (χ2n) is 9.72. The van der Waals surface area contributed by atoms with Crippen molar-refractivity contribution in [3.05, 3.63) is 53.2 Å². The van der Waals surface area contributed by atoms with Crippen LogP contribution in [-0.2, 0) is 4.74 Å². The van der Waals surface area contributed by atoms with Crippen molar-refractivity contribution < 1.29 is 19.1 Å². The van der Waals surface area contributed by atoms with Crippen molar-refractivity contribution in [2.45, 2.75) is 70.1 Å². The van der Waals surface area contributed by atoms with Crippen LogP contribution in [-0.4, -0.2) is 60.5 Å². The number of carbonyl (C=O) groups is 3. The molecule has 2 fully saturated rings. The fraction of sp³-hybridized carbons (Fsp3) is 0.481. The smallest absolute Gasteiger partial charge is 0.251 e. The number of hydrogen-bond donors (Lipinski definition) is 3. The largest absolute Gasteiger partial charge is 0.383 e. The van der Waals surface area contributed by atoms with E-state index >= 15 is 0 Å². The Kier molecular flexibility index (Phi) is 7.88. The van der Waals surface area contributed by atoms with Crippen LogP contribution in [0.3, 0.4) is 0 Å². The van der Waals surface area contributed by atoms with E-state index in [0.29, 0.717) is 41.1 Å². The van der Waals surface area contributed by atoms with Gasteiger partial charge in [0.1, 0.15) is 5.82 Å². The first-order valence-electron chi connectivity index (χ1n) is 12.6. The van der Waals surface area contributed by atoms with Gasteiger partial charge in [0.25, 0.3) is 11.8 Å². The third-order valence-electron chi connectivity index (χ3n) is 7.25. The number of nitrogens with one attached hydrogen (secondary N) is 2. The van der Waals surface area contributed by atoms with Crippen molar-refractivity contribution >= 4 is 29.1 Å². The van der Waals surface area contributed by atoms with Crippen molar-refractivity contribution in [1.29, 1.82) is 0 Å². The summed E-state index contributed by atoms with van der Waals surface area (Å²) < 4.78 is 5.25. The first-order valence-corrected chi connectivity index (χ1v) is 12.6. The molecule has 2 saturated heterocycles. The summed E-state index contributed by atoms with van der Waals surface area (Å²) in [4.78, 5) is 43.6. The van der Waals surface area contributed by atoms with Crippen LogP contribution in [0.4, 0.5) is 11.5 Å². The summed E-state index contributed by atoms with van der Waals surface area (Å²) in [5.74, 6) is 0.169. The van der Waals surface area contributed by atoms with Gasteiger partial charge in [0.2, 0.25) is 0 Å². The molecule has 2 aliphatic heterocycles. The Bertz CT molecular complexity index is 1110. The molecule has 2 aromatic rings. The van der Waals surface area contributed by atoms with Crippen molar-refractivity contribution in [2.24, 2.45) is 5.73 Å². The fourth-order valence-corrected chi connectivity index (χ4v) is 5.39. The number of hydrogen-bond acceptors (Lipinski definition) is 7. The molecule has 36 heavy (non-hydrogen) atoms. The number of aromatic nitrogens is 1. The van der Waals surface area contributed by atoms with Crippen molar-refractivity contribution in [1.82, 2.24) is 10.3 Å². The Morgan fingerprint density at radius 2 is 1.83 bits per heavy atom. The highest BCUT2D eigenvalue weighted by atomic mass is 16.5. The lowest BCUT2D eigenvalue weighted by molar-refractivity contribution is 0.0924. The topological polar surface area (TPSA) is 127 Å². The van der Waals surface area contributed by atoms with E-state index < -0.39 is 5.91 Å². The van der Waals surface area contributed by atoms with Gasteiger partial charge in [0.15, 0.2) is 5.78 Å². The number of nitrogens with two attached hydrogens (primary N) is 1. The quantitative estimate of drug-likeness (QED) is 0.434. The fourth-order valence-electron chi connectivity index (χ4n) is 5.39. The number of fused-ring (bicyclic) bond motifs is 2. The van der Waals surface area contributed by atoms with Crippen LogP contribution in [0.1, 0.15) is 77.0 Å². The summed E-state index contributed by atoms with van der Waals surface area (Å²) in [5.41, 5.74) is 7.53. The summed E-state index contributed by atoms with van der Waals surface area (Å²) in [6, 6.07) is 9.30. The number of rotatable bonds is 10. The molecule has 2 aliphatic rings. The van der Waals surface area contributed by atoms with Gasteiger partial charge in [0, 0.05) is 54.3 Å². The number of methoxy groups -OCH3 is 1. The summed E-state index contributed by atoms with van der Waals surface area (Å²) in [5, 5.41) is 6.50. The van der Waals surface area contributed by atoms with Crippen molar-refractivity contribution in [3.63, 3.8) is 0 Å². The number of anilines is 2. The normalized spacial score (nSPS) is 21.6. The Morgan fingerprint density at radius 1 is 1.14 bits per heavy atom. The molecule has 0 spiro atoms. The van der Waals surface area contributed by atoms with Gasteiger partial charge in [-0.1, -0.05) is 6.92 Å². The van der Waals surface area contributed by atoms with Gasteiger partial charge >= 0.3 is 0 Å². The summed E-state index contributed by atoms with van der Waals surface area (Å²) in [6.45, 7) is 4.03. The number of nitrogens with zero attached hydrogens (tertiary/aromatic N) is 2. The molecular weight excluding hydrogens is 458 g/mol. The lowest BCUT2D eigenvalue weighted by Gasteiger charge is -2.40. The Hall–Kier alpha value is -3.46. The van der Waals surface area contributed by atoms with E-state index in [2.05, 4.69) is 20.5 Å². The first-order chi connectivity index (χ1) is 17.3. The third-order valence-corrected chi connectivity index (χ3v) is 7.25. The molecule has 4 N–H and O–H groups in total. The number of Topliss-reactive ketones (excluding diaryl/α,β-unsaturated/α-hetero) is 1. The minimum Gasteiger partial charge on any atom is -0.383 e. The number of primary amides is 1. The third kappa shape index (κ3) is 5.51. The average molecular weight is 494 g/mol. The molecule has 9 nitrogen and oxygen atoms in total. The van der Waals surface area contributed by atoms with Crippen molar-refractivity contribution in [2.75, 3.05) is 23.9 Å². The molecule has 3 unspecified atom stereocenters. The maximum atomic E-state index is 13.2. The molecule has 4 rings (SSSR count). The summed E-state index contributed by atoms with van der Waals surface area (Å²) in [7, 11) is 1.62. The number of piperidine rings is 1. The molecular formula is C27H35N5O4. The molecule has 1 aromatic carbocycles. The molecule has 192 valence electrons. The Labute approximate surface area is 211 Å². The molecule has 2 amide bonds. The van der Waals surface area contributed by atoms with E-state index in [1.165, 1.54) is 6.92 Å². The van der Waals surface area contributed by atoms with Crippen LogP contribution in [0.2, 0.25) is 0 Å². The maximum Gasteiger partial charge on any atom is 0.251 e. The van der Waals surface area contributed by atoms with Crippen LogP contribution < -0.4 is 21.3 Å². The predicted octanol–water partition coefficient (Wildman–Crippen LogP) is 3.15. The average Bonchev–Trinajstić information content (AvgIpc) is 3.13. The zero-order valence-corrected chi connectivity index (χ0v) is 21.1. The zero-order chi connectivity index (χ0) is 25.8. The number of pyridine rings is 1. The highest BCUT2D eigenvalue weighted by molar-refractivity contribution is 6.02. The SMILES string of the molecule is CCC(COC)Nc1cc(C(=O)NC2CC3CCC(C2)N3c2ccc(C(C)=O)cn2)ccc1C(N)=O. The van der Waals surface area contributed by atoms with Gasteiger partial charge in [0.05, 0.1) is 12.2 Å². The van der Waals surface area contributed by atoms with Gasteiger partial charge in [-0.05, 0) is 69.4 Å². The minimum atomic E-state index is -0.550. The first kappa shape index (κ1) is 25.6. The van der Waals surface area contributed by atoms with Gasteiger partial charge < -0.3 is 26.0 Å². The van der Waals surface area contributed by atoms with Crippen LogP contribution in [0.15, 0.2) is 36.5 Å². The second kappa shape index (κ2) is 11.1. The van der Waals surface area contributed by atoms with Gasteiger partial charge in [-0.25, -0.2) is 4.98 Å². The summed E-state index contributed by atoms with van der Waals surface area (Å²) in [6.07, 6.45) is 6.18. The molecule has 3 heterocycles.